The molecular weight excluding hydrogens is 350 g/mol. The summed E-state index contributed by atoms with van der Waals surface area (Å²) in [5.74, 6) is -0.543. The van der Waals surface area contributed by atoms with E-state index in [-0.39, 0.29) is 24.7 Å². The predicted molar refractivity (Wildman–Crippen MR) is 105 cm³/mol. The van der Waals surface area contributed by atoms with Gasteiger partial charge in [-0.15, -0.1) is 0 Å². The van der Waals surface area contributed by atoms with E-state index < -0.39 is 0 Å². The third-order valence-electron chi connectivity index (χ3n) is 3.88. The summed E-state index contributed by atoms with van der Waals surface area (Å²) in [7, 11) is 0. The van der Waals surface area contributed by atoms with Crippen LogP contribution in [0.1, 0.15) is 37.3 Å². The van der Waals surface area contributed by atoms with Gasteiger partial charge in [0.05, 0.1) is 5.71 Å². The average molecular weight is 372 g/mol. The molecule has 2 N–H and O–H groups in total. The van der Waals surface area contributed by atoms with Crippen LogP contribution in [0, 0.1) is 6.92 Å². The van der Waals surface area contributed by atoms with Gasteiger partial charge in [0.15, 0.2) is 0 Å². The number of hydrogen-bond acceptors (Lipinski definition) is 3. The van der Waals surface area contributed by atoms with Crippen LogP contribution >= 0.6 is 11.6 Å². The van der Waals surface area contributed by atoms with E-state index in [4.69, 9.17) is 11.6 Å². The van der Waals surface area contributed by atoms with Gasteiger partial charge < -0.3 is 5.32 Å². The zero-order valence-electron chi connectivity index (χ0n) is 14.9. The number of hydrazone groups is 1. The number of anilines is 1. The minimum absolute atomic E-state index is 0.0563. The summed E-state index contributed by atoms with van der Waals surface area (Å²) in [6.07, 6.45) is 0.819. The Morgan fingerprint density at radius 3 is 2.38 bits per heavy atom. The normalized spacial score (nSPS) is 11.1. The molecule has 0 aliphatic rings. The number of hydrogen-bond donors (Lipinski definition) is 2. The summed E-state index contributed by atoms with van der Waals surface area (Å²) < 4.78 is 0. The average Bonchev–Trinajstić information content (AvgIpc) is 2.65. The maximum Gasteiger partial charge on any atom is 0.240 e. The number of nitrogens with zero attached hydrogens (tertiary/aromatic N) is 1. The smallest absolute Gasteiger partial charge is 0.240 e. The Bertz CT molecular complexity index is 804. The van der Waals surface area contributed by atoms with Crippen molar-refractivity contribution >= 4 is 34.8 Å². The molecule has 0 aromatic heterocycles. The third-order valence-corrected chi connectivity index (χ3v) is 4.29. The molecule has 0 spiro atoms. The van der Waals surface area contributed by atoms with Crippen LogP contribution in [0.25, 0.3) is 0 Å². The van der Waals surface area contributed by atoms with Crippen molar-refractivity contribution in [3.05, 3.63) is 64.7 Å². The quantitative estimate of drug-likeness (QED) is 0.562. The molecule has 5 nitrogen and oxygen atoms in total. The molecule has 6 heteroatoms. The number of nitrogens with one attached hydrogen (secondary N) is 2. The van der Waals surface area contributed by atoms with Crippen LogP contribution in [-0.4, -0.2) is 17.5 Å². The first-order valence-electron chi connectivity index (χ1n) is 8.47. The van der Waals surface area contributed by atoms with Gasteiger partial charge in [-0.3, -0.25) is 9.59 Å². The van der Waals surface area contributed by atoms with Gasteiger partial charge in [-0.05, 0) is 36.6 Å². The number of rotatable bonds is 7. The standard InChI is InChI=1S/C20H22ClN3O2/c1-3-17(15-8-5-4-6-9-15)23-24-20(26)13-12-19(25)22-18-11-7-10-16(21)14(18)2/h4-11H,3,12-13H2,1-2H3,(H,22,25)(H,24,26). The molecule has 0 atom stereocenters. The second-order valence-electron chi connectivity index (χ2n) is 5.77. The Kier molecular flexibility index (Phi) is 7.36. The van der Waals surface area contributed by atoms with Crippen molar-refractivity contribution in [2.75, 3.05) is 5.32 Å². The van der Waals surface area contributed by atoms with Gasteiger partial charge in [0.25, 0.3) is 0 Å². The lowest BCUT2D eigenvalue weighted by Crippen LogP contribution is -2.22. The Morgan fingerprint density at radius 2 is 1.69 bits per heavy atom. The SMILES string of the molecule is CCC(=NNC(=O)CCC(=O)Nc1cccc(Cl)c1C)c1ccccc1. The highest BCUT2D eigenvalue weighted by Crippen LogP contribution is 2.23. The monoisotopic (exact) mass is 371 g/mol. The van der Waals surface area contributed by atoms with Crippen LogP contribution in [0.15, 0.2) is 53.6 Å². The van der Waals surface area contributed by atoms with E-state index in [0.29, 0.717) is 17.1 Å². The molecule has 0 heterocycles. The maximum atomic E-state index is 12.0. The van der Waals surface area contributed by atoms with E-state index in [1.807, 2.05) is 44.2 Å². The zero-order valence-corrected chi connectivity index (χ0v) is 15.6. The minimum atomic E-state index is -0.301. The second kappa shape index (κ2) is 9.73. The Labute approximate surface area is 158 Å². The molecule has 0 fully saturated rings. The molecule has 0 aliphatic heterocycles. The first kappa shape index (κ1) is 19.7. The molecule has 2 aromatic rings. The largest absolute Gasteiger partial charge is 0.326 e. The van der Waals surface area contributed by atoms with E-state index in [0.717, 1.165) is 16.8 Å². The summed E-state index contributed by atoms with van der Waals surface area (Å²) >= 11 is 6.03. The van der Waals surface area contributed by atoms with Gasteiger partial charge >= 0.3 is 0 Å². The van der Waals surface area contributed by atoms with Crippen LogP contribution in [0.5, 0.6) is 0 Å². The number of halogens is 1. The third kappa shape index (κ3) is 5.70. The lowest BCUT2D eigenvalue weighted by Gasteiger charge is -2.09. The summed E-state index contributed by atoms with van der Waals surface area (Å²) in [5, 5.41) is 7.52. The van der Waals surface area contributed by atoms with Crippen molar-refractivity contribution in [2.24, 2.45) is 5.10 Å². The van der Waals surface area contributed by atoms with E-state index >= 15 is 0 Å². The predicted octanol–water partition coefficient (Wildman–Crippen LogP) is 4.30. The summed E-state index contributed by atoms with van der Waals surface area (Å²) in [4.78, 5) is 24.0. The molecule has 26 heavy (non-hydrogen) atoms. The number of amides is 2. The van der Waals surface area contributed by atoms with Crippen molar-refractivity contribution in [2.45, 2.75) is 33.1 Å². The van der Waals surface area contributed by atoms with Crippen LogP contribution in [0.4, 0.5) is 5.69 Å². The van der Waals surface area contributed by atoms with Crippen LogP contribution in [0.3, 0.4) is 0 Å². The molecule has 2 amide bonds. The fourth-order valence-electron chi connectivity index (χ4n) is 2.35. The van der Waals surface area contributed by atoms with E-state index in [1.165, 1.54) is 0 Å². The second-order valence-corrected chi connectivity index (χ2v) is 6.18. The maximum absolute atomic E-state index is 12.0. The summed E-state index contributed by atoms with van der Waals surface area (Å²) in [6, 6.07) is 14.9. The first-order valence-corrected chi connectivity index (χ1v) is 8.84. The van der Waals surface area contributed by atoms with Gasteiger partial charge in [-0.2, -0.15) is 5.10 Å². The van der Waals surface area contributed by atoms with Crippen LogP contribution in [-0.2, 0) is 9.59 Å². The highest BCUT2D eigenvalue weighted by Gasteiger charge is 2.10. The molecule has 0 unspecified atom stereocenters. The number of carbonyl (C=O) groups is 2. The number of benzene rings is 2. The molecule has 2 aromatic carbocycles. The van der Waals surface area contributed by atoms with Gasteiger partial charge in [0, 0.05) is 23.6 Å². The lowest BCUT2D eigenvalue weighted by atomic mass is 10.1. The molecule has 2 rings (SSSR count). The van der Waals surface area contributed by atoms with Crippen molar-refractivity contribution in [3.63, 3.8) is 0 Å². The van der Waals surface area contributed by atoms with E-state index in [2.05, 4.69) is 15.8 Å². The Balaban J connectivity index is 1.85. The molecule has 0 bridgehead atoms. The molecular formula is C20H22ClN3O2. The van der Waals surface area contributed by atoms with Crippen molar-refractivity contribution in [3.8, 4) is 0 Å². The topological polar surface area (TPSA) is 70.6 Å². The van der Waals surface area contributed by atoms with Crippen LogP contribution < -0.4 is 10.7 Å². The Hall–Kier alpha value is -2.66. The molecule has 0 radical (unpaired) electrons. The molecule has 0 saturated heterocycles. The van der Waals surface area contributed by atoms with Gasteiger partial charge in [-0.1, -0.05) is 54.9 Å². The zero-order chi connectivity index (χ0) is 18.9. The van der Waals surface area contributed by atoms with Gasteiger partial charge in [0.1, 0.15) is 0 Å². The number of carbonyl (C=O) groups excluding carboxylic acids is 2. The molecule has 0 aliphatic carbocycles. The van der Waals surface area contributed by atoms with Crippen molar-refractivity contribution in [1.82, 2.24) is 5.43 Å². The fourth-order valence-corrected chi connectivity index (χ4v) is 2.52. The van der Waals surface area contributed by atoms with E-state index in [1.54, 1.807) is 18.2 Å². The highest BCUT2D eigenvalue weighted by atomic mass is 35.5. The van der Waals surface area contributed by atoms with Crippen molar-refractivity contribution < 1.29 is 9.59 Å². The van der Waals surface area contributed by atoms with Crippen molar-refractivity contribution in [1.29, 1.82) is 0 Å². The summed E-state index contributed by atoms with van der Waals surface area (Å²) in [5.41, 5.74) is 5.72. The van der Waals surface area contributed by atoms with Gasteiger partial charge in [0.2, 0.25) is 11.8 Å². The lowest BCUT2D eigenvalue weighted by molar-refractivity contribution is -0.124. The molecule has 0 saturated carbocycles. The Morgan fingerprint density at radius 1 is 1.00 bits per heavy atom. The first-order chi connectivity index (χ1) is 12.5. The minimum Gasteiger partial charge on any atom is -0.326 e. The van der Waals surface area contributed by atoms with Gasteiger partial charge in [-0.25, -0.2) is 5.43 Å². The molecule has 136 valence electrons. The highest BCUT2D eigenvalue weighted by molar-refractivity contribution is 6.31. The van der Waals surface area contributed by atoms with Crippen LogP contribution in [0.2, 0.25) is 5.02 Å². The van der Waals surface area contributed by atoms with E-state index in [9.17, 15) is 9.59 Å². The fraction of sp³-hybridized carbons (Fsp3) is 0.250. The summed E-state index contributed by atoms with van der Waals surface area (Å²) in [6.45, 7) is 3.80.